The molecule has 1 aliphatic heterocycles. The van der Waals surface area contributed by atoms with Gasteiger partial charge in [0.25, 0.3) is 0 Å². The largest absolute Gasteiger partial charge is 0.303 e. The molecule has 0 aromatic heterocycles. The first-order chi connectivity index (χ1) is 8.10. The molecule has 1 fully saturated rings. The summed E-state index contributed by atoms with van der Waals surface area (Å²) in [5, 5.41) is 9.70. The van der Waals surface area contributed by atoms with Gasteiger partial charge >= 0.3 is 0 Å². The standard InChI is InChI=1S/C15H20N2/c1-12-10-17(3)13(2)9-15(12,11-16)14-7-5-4-6-8-14/h4-8,12-13H,9-10H2,1-3H3. The van der Waals surface area contributed by atoms with Crippen molar-refractivity contribution in [1.82, 2.24) is 4.90 Å². The van der Waals surface area contributed by atoms with E-state index in [0.29, 0.717) is 12.0 Å². The van der Waals surface area contributed by atoms with E-state index in [0.717, 1.165) is 13.0 Å². The van der Waals surface area contributed by atoms with Crippen LogP contribution in [0, 0.1) is 17.2 Å². The smallest absolute Gasteiger partial charge is 0.0874 e. The SMILES string of the molecule is CC1CC(C#N)(c2ccccc2)C(C)CN1C. The summed E-state index contributed by atoms with van der Waals surface area (Å²) in [7, 11) is 2.15. The molecule has 0 aliphatic carbocycles. The maximum absolute atomic E-state index is 9.70. The maximum Gasteiger partial charge on any atom is 0.0874 e. The Balaban J connectivity index is 2.41. The van der Waals surface area contributed by atoms with Crippen LogP contribution in [0.5, 0.6) is 0 Å². The zero-order valence-electron chi connectivity index (χ0n) is 10.9. The predicted octanol–water partition coefficient (Wildman–Crippen LogP) is 2.81. The molecule has 2 nitrogen and oxygen atoms in total. The zero-order chi connectivity index (χ0) is 12.5. The number of nitriles is 1. The molecule has 2 rings (SSSR count). The Morgan fingerprint density at radius 3 is 2.53 bits per heavy atom. The van der Waals surface area contributed by atoms with Gasteiger partial charge in [0.15, 0.2) is 0 Å². The van der Waals surface area contributed by atoms with Gasteiger partial charge in [0.05, 0.1) is 11.5 Å². The van der Waals surface area contributed by atoms with Crippen LogP contribution in [-0.4, -0.2) is 24.5 Å². The molecule has 3 unspecified atom stereocenters. The molecule has 1 saturated heterocycles. The van der Waals surface area contributed by atoms with Crippen LogP contribution in [0.4, 0.5) is 0 Å². The van der Waals surface area contributed by atoms with Crippen molar-refractivity contribution in [2.75, 3.05) is 13.6 Å². The highest BCUT2D eigenvalue weighted by atomic mass is 15.1. The average Bonchev–Trinajstić information content (AvgIpc) is 2.35. The monoisotopic (exact) mass is 228 g/mol. The van der Waals surface area contributed by atoms with Gasteiger partial charge in [-0.15, -0.1) is 0 Å². The van der Waals surface area contributed by atoms with Crippen LogP contribution in [-0.2, 0) is 5.41 Å². The van der Waals surface area contributed by atoms with E-state index >= 15 is 0 Å². The second kappa shape index (κ2) is 4.50. The van der Waals surface area contributed by atoms with Gasteiger partial charge in [-0.05, 0) is 31.9 Å². The lowest BCUT2D eigenvalue weighted by molar-refractivity contribution is 0.105. The molecule has 1 aliphatic rings. The molecule has 0 bridgehead atoms. The summed E-state index contributed by atoms with van der Waals surface area (Å²) in [6.45, 7) is 5.39. The van der Waals surface area contributed by atoms with Gasteiger partial charge in [0.1, 0.15) is 0 Å². The first-order valence-corrected chi connectivity index (χ1v) is 6.27. The average molecular weight is 228 g/mol. The van der Waals surface area contributed by atoms with Crippen molar-refractivity contribution >= 4 is 0 Å². The van der Waals surface area contributed by atoms with Crippen molar-refractivity contribution in [2.45, 2.75) is 31.7 Å². The van der Waals surface area contributed by atoms with E-state index < -0.39 is 0 Å². The highest BCUT2D eigenvalue weighted by Crippen LogP contribution is 2.41. The molecule has 0 saturated carbocycles. The molecule has 0 N–H and O–H groups in total. The van der Waals surface area contributed by atoms with Crippen LogP contribution < -0.4 is 0 Å². The van der Waals surface area contributed by atoms with E-state index in [1.54, 1.807) is 0 Å². The van der Waals surface area contributed by atoms with Gasteiger partial charge in [-0.2, -0.15) is 5.26 Å². The third-order valence-corrected chi connectivity index (χ3v) is 4.26. The molecule has 17 heavy (non-hydrogen) atoms. The highest BCUT2D eigenvalue weighted by molar-refractivity contribution is 5.34. The Hall–Kier alpha value is -1.33. The Kier molecular flexibility index (Phi) is 3.22. The van der Waals surface area contributed by atoms with Gasteiger partial charge < -0.3 is 4.90 Å². The molecule has 1 aromatic carbocycles. The second-order valence-electron chi connectivity index (χ2n) is 5.34. The zero-order valence-corrected chi connectivity index (χ0v) is 10.9. The van der Waals surface area contributed by atoms with Crippen LogP contribution in [0.1, 0.15) is 25.8 Å². The number of likely N-dealkylation sites (tertiary alicyclic amines) is 1. The summed E-state index contributed by atoms with van der Waals surface area (Å²) >= 11 is 0. The number of hydrogen-bond acceptors (Lipinski definition) is 2. The van der Waals surface area contributed by atoms with Crippen molar-refractivity contribution in [1.29, 1.82) is 5.26 Å². The van der Waals surface area contributed by atoms with Crippen molar-refractivity contribution in [2.24, 2.45) is 5.92 Å². The lowest BCUT2D eigenvalue weighted by atomic mass is 9.66. The van der Waals surface area contributed by atoms with Gasteiger partial charge in [-0.1, -0.05) is 37.3 Å². The van der Waals surface area contributed by atoms with E-state index in [1.807, 2.05) is 18.2 Å². The van der Waals surface area contributed by atoms with Crippen LogP contribution >= 0.6 is 0 Å². The molecule has 2 heteroatoms. The fraction of sp³-hybridized carbons (Fsp3) is 0.533. The Morgan fingerprint density at radius 1 is 1.29 bits per heavy atom. The Bertz CT molecular complexity index is 420. The summed E-state index contributed by atoms with van der Waals surface area (Å²) in [5.41, 5.74) is 0.864. The lowest BCUT2D eigenvalue weighted by Crippen LogP contribution is -2.50. The van der Waals surface area contributed by atoms with E-state index in [-0.39, 0.29) is 5.41 Å². The lowest BCUT2D eigenvalue weighted by Gasteiger charge is -2.45. The Morgan fingerprint density at radius 2 is 1.94 bits per heavy atom. The molecular weight excluding hydrogens is 208 g/mol. The Labute approximate surface area is 104 Å². The highest BCUT2D eigenvalue weighted by Gasteiger charge is 2.44. The second-order valence-corrected chi connectivity index (χ2v) is 5.34. The third-order valence-electron chi connectivity index (χ3n) is 4.26. The molecule has 0 amide bonds. The molecule has 0 radical (unpaired) electrons. The number of hydrogen-bond donors (Lipinski definition) is 0. The fourth-order valence-corrected chi connectivity index (χ4v) is 2.95. The van der Waals surface area contributed by atoms with Crippen molar-refractivity contribution in [3.8, 4) is 6.07 Å². The van der Waals surface area contributed by atoms with Gasteiger partial charge in [0, 0.05) is 12.6 Å². The molecule has 0 spiro atoms. The number of piperidine rings is 1. The van der Waals surface area contributed by atoms with E-state index in [9.17, 15) is 5.26 Å². The molecular formula is C15H20N2. The topological polar surface area (TPSA) is 27.0 Å². The van der Waals surface area contributed by atoms with E-state index in [2.05, 4.69) is 44.0 Å². The van der Waals surface area contributed by atoms with Gasteiger partial charge in [-0.25, -0.2) is 0 Å². The van der Waals surface area contributed by atoms with Crippen molar-refractivity contribution in [3.05, 3.63) is 35.9 Å². The van der Waals surface area contributed by atoms with E-state index in [4.69, 9.17) is 0 Å². The predicted molar refractivity (Wildman–Crippen MR) is 69.6 cm³/mol. The first-order valence-electron chi connectivity index (χ1n) is 6.27. The molecule has 1 heterocycles. The first kappa shape index (κ1) is 12.1. The minimum absolute atomic E-state index is 0.312. The van der Waals surface area contributed by atoms with Crippen molar-refractivity contribution < 1.29 is 0 Å². The molecule has 3 atom stereocenters. The summed E-state index contributed by atoms with van der Waals surface area (Å²) in [6.07, 6.45) is 0.922. The number of benzene rings is 1. The molecule has 1 aromatic rings. The normalized spacial score (nSPS) is 34.2. The minimum atomic E-state index is -0.312. The van der Waals surface area contributed by atoms with Crippen molar-refractivity contribution in [3.63, 3.8) is 0 Å². The van der Waals surface area contributed by atoms with Crippen LogP contribution in [0.25, 0.3) is 0 Å². The maximum atomic E-state index is 9.70. The van der Waals surface area contributed by atoms with Crippen LogP contribution in [0.3, 0.4) is 0 Å². The number of rotatable bonds is 1. The summed E-state index contributed by atoms with van der Waals surface area (Å²) in [4.78, 5) is 2.35. The van der Waals surface area contributed by atoms with Gasteiger partial charge in [0.2, 0.25) is 0 Å². The third kappa shape index (κ3) is 1.96. The quantitative estimate of drug-likeness (QED) is 0.739. The fourth-order valence-electron chi connectivity index (χ4n) is 2.95. The summed E-state index contributed by atoms with van der Waals surface area (Å²) in [6, 6.07) is 13.3. The van der Waals surface area contributed by atoms with E-state index in [1.165, 1.54) is 5.56 Å². The van der Waals surface area contributed by atoms with Gasteiger partial charge in [-0.3, -0.25) is 0 Å². The van der Waals surface area contributed by atoms with Crippen LogP contribution in [0.15, 0.2) is 30.3 Å². The minimum Gasteiger partial charge on any atom is -0.303 e. The van der Waals surface area contributed by atoms with Crippen LogP contribution in [0.2, 0.25) is 0 Å². The molecule has 90 valence electrons. The summed E-state index contributed by atoms with van der Waals surface area (Å²) in [5.74, 6) is 0.371. The summed E-state index contributed by atoms with van der Waals surface area (Å²) < 4.78 is 0. The number of nitrogens with zero attached hydrogens (tertiary/aromatic N) is 2.